The van der Waals surface area contributed by atoms with E-state index >= 15 is 0 Å². The Morgan fingerprint density at radius 3 is 2.38 bits per heavy atom. The van der Waals surface area contributed by atoms with Crippen LogP contribution in [0.1, 0.15) is 64.3 Å². The Morgan fingerprint density at radius 2 is 1.80 bits per heavy atom. The summed E-state index contributed by atoms with van der Waals surface area (Å²) >= 11 is 1.15. The molecule has 13 nitrogen and oxygen atoms in total. The molecule has 0 aliphatic carbocycles. The third-order valence-electron chi connectivity index (χ3n) is 7.32. The quantitative estimate of drug-likeness (QED) is 0.260. The Bertz CT molecular complexity index is 1940. The number of nitrogens with one attached hydrogen (secondary N) is 1. The maximum atomic E-state index is 14.5. The molecule has 4 rings (SSSR count). The summed E-state index contributed by atoms with van der Waals surface area (Å²) in [6, 6.07) is 8.94. The van der Waals surface area contributed by atoms with E-state index in [-0.39, 0.29) is 24.6 Å². The van der Waals surface area contributed by atoms with Crippen molar-refractivity contribution in [3.05, 3.63) is 68.1 Å². The number of benzene rings is 1. The largest absolute Gasteiger partial charge is 0.496 e. The van der Waals surface area contributed by atoms with E-state index in [1.54, 1.807) is 52.8 Å². The van der Waals surface area contributed by atoms with Crippen LogP contribution in [0.3, 0.4) is 0 Å². The van der Waals surface area contributed by atoms with Crippen LogP contribution in [-0.2, 0) is 21.6 Å². The van der Waals surface area contributed by atoms with Gasteiger partial charge >= 0.3 is 5.69 Å². The fourth-order valence-corrected chi connectivity index (χ4v) is 6.06. The fourth-order valence-electron chi connectivity index (χ4n) is 4.84. The third kappa shape index (κ3) is 6.38. The lowest BCUT2D eigenvalue weighted by Crippen LogP contribution is -2.56. The fraction of sp³-hybridized carbons (Fsp3) is 0.452. The summed E-state index contributed by atoms with van der Waals surface area (Å²) in [6.07, 6.45) is 2.10. The van der Waals surface area contributed by atoms with Crippen molar-refractivity contribution in [3.63, 3.8) is 0 Å². The van der Waals surface area contributed by atoms with Gasteiger partial charge in [0.25, 0.3) is 5.56 Å². The van der Waals surface area contributed by atoms with E-state index in [9.17, 15) is 24.9 Å². The lowest BCUT2D eigenvalue weighted by Gasteiger charge is -2.29. The van der Waals surface area contributed by atoms with Gasteiger partial charge < -0.3 is 14.8 Å². The van der Waals surface area contributed by atoms with Gasteiger partial charge in [-0.15, -0.1) is 4.80 Å². The molecule has 0 aliphatic rings. The van der Waals surface area contributed by atoms with Crippen molar-refractivity contribution >= 4 is 27.5 Å². The number of hydrogen-bond donors (Lipinski definition) is 1. The molecule has 0 unspecified atom stereocenters. The van der Waals surface area contributed by atoms with Crippen LogP contribution in [0.2, 0.25) is 0 Å². The maximum Gasteiger partial charge on any atom is 0.333 e. The molecule has 0 radical (unpaired) electrons. The number of amides is 1. The number of aryl methyl sites for hydroxylation is 1. The predicted octanol–water partition coefficient (Wildman–Crippen LogP) is 3.56. The van der Waals surface area contributed by atoms with Crippen LogP contribution in [-0.4, -0.2) is 49.8 Å². The zero-order chi connectivity index (χ0) is 33.3. The van der Waals surface area contributed by atoms with E-state index in [0.29, 0.717) is 32.3 Å². The minimum Gasteiger partial charge on any atom is -0.496 e. The second-order valence-electron chi connectivity index (χ2n) is 12.1. The summed E-state index contributed by atoms with van der Waals surface area (Å²) in [5, 5.41) is 31.4. The molecule has 4 aromatic rings. The summed E-state index contributed by atoms with van der Waals surface area (Å²) in [5.41, 5.74) is -2.48. The van der Waals surface area contributed by atoms with Crippen LogP contribution in [0, 0.1) is 35.0 Å². The van der Waals surface area contributed by atoms with Gasteiger partial charge in [0.15, 0.2) is 0 Å². The number of hydrogen-bond acceptors (Lipinski definition) is 10. The van der Waals surface area contributed by atoms with Gasteiger partial charge in [-0.25, -0.2) is 9.36 Å². The number of nitriles is 2. The van der Waals surface area contributed by atoms with E-state index < -0.39 is 34.2 Å². The van der Waals surface area contributed by atoms with Gasteiger partial charge in [-0.2, -0.15) is 20.7 Å². The molecule has 0 spiro atoms. The van der Waals surface area contributed by atoms with E-state index in [4.69, 9.17) is 9.47 Å². The Balaban J connectivity index is 2.05. The number of rotatable bonds is 11. The molecule has 0 aliphatic heterocycles. The summed E-state index contributed by atoms with van der Waals surface area (Å²) in [4.78, 5) is 43.8. The molecule has 1 atom stereocenters. The predicted molar refractivity (Wildman–Crippen MR) is 168 cm³/mol. The van der Waals surface area contributed by atoms with Gasteiger partial charge in [0.1, 0.15) is 27.2 Å². The molecule has 14 heteroatoms. The number of aromatic nitrogens is 5. The highest BCUT2D eigenvalue weighted by atomic mass is 32.1. The molecule has 0 fully saturated rings. The number of ether oxygens (including phenoxy) is 2. The molecule has 1 aromatic carbocycles. The normalized spacial score (nSPS) is 12.6. The standard InChI is InChI=1S/C31H36N8O5S/c1-18(2)36-28(41)31(6,7)38-25(40)24-19(3)26(39-34-11-12-35-39)45-27(24)37(29(38)42)15-23(44-17-30(4,5)16-33)21-13-20(14-32)9-10-22(21)43-8/h9-13,18,23H,15,17H2,1-8H3,(H,36,41)/t23-/m0/s1. The average molecular weight is 633 g/mol. The van der Waals surface area contributed by atoms with Crippen molar-refractivity contribution in [3.8, 4) is 22.9 Å². The minimum absolute atomic E-state index is 0.0140. The van der Waals surface area contributed by atoms with Gasteiger partial charge in [0.2, 0.25) is 5.91 Å². The number of fused-ring (bicyclic) bond motifs is 1. The number of carbonyl (C=O) groups is 1. The molecule has 0 saturated heterocycles. The van der Waals surface area contributed by atoms with Crippen molar-refractivity contribution in [2.45, 2.75) is 72.7 Å². The zero-order valence-electron chi connectivity index (χ0n) is 26.5. The number of carbonyl (C=O) groups excluding carboxylic acids is 1. The molecule has 0 bridgehead atoms. The van der Waals surface area contributed by atoms with Crippen LogP contribution in [0.4, 0.5) is 0 Å². The van der Waals surface area contributed by atoms with E-state index in [1.165, 1.54) is 42.7 Å². The second kappa shape index (κ2) is 12.7. The van der Waals surface area contributed by atoms with Gasteiger partial charge in [0, 0.05) is 17.2 Å². The first-order valence-corrected chi connectivity index (χ1v) is 15.1. The van der Waals surface area contributed by atoms with Gasteiger partial charge in [-0.3, -0.25) is 14.2 Å². The first-order valence-electron chi connectivity index (χ1n) is 14.2. The van der Waals surface area contributed by atoms with Crippen LogP contribution < -0.4 is 21.3 Å². The molecule has 1 amide bonds. The van der Waals surface area contributed by atoms with Crippen LogP contribution >= 0.6 is 11.3 Å². The monoisotopic (exact) mass is 632 g/mol. The van der Waals surface area contributed by atoms with Crippen LogP contribution in [0.5, 0.6) is 5.75 Å². The zero-order valence-corrected chi connectivity index (χ0v) is 27.4. The number of nitrogens with zero attached hydrogens (tertiary/aromatic N) is 7. The van der Waals surface area contributed by atoms with Crippen molar-refractivity contribution in [2.75, 3.05) is 13.7 Å². The number of methoxy groups -OCH3 is 1. The molecule has 3 heterocycles. The summed E-state index contributed by atoms with van der Waals surface area (Å²) in [6.45, 7) is 11.6. The summed E-state index contributed by atoms with van der Waals surface area (Å²) in [5.74, 6) is -0.0942. The van der Waals surface area contributed by atoms with Gasteiger partial charge in [0.05, 0.1) is 61.2 Å². The van der Waals surface area contributed by atoms with E-state index in [2.05, 4.69) is 27.7 Å². The Kier molecular flexibility index (Phi) is 9.32. The highest BCUT2D eigenvalue weighted by molar-refractivity contribution is 7.21. The Morgan fingerprint density at radius 1 is 1.13 bits per heavy atom. The lowest BCUT2D eigenvalue weighted by atomic mass is 9.97. The van der Waals surface area contributed by atoms with Crippen molar-refractivity contribution in [1.29, 1.82) is 10.5 Å². The van der Waals surface area contributed by atoms with E-state index in [0.717, 1.165) is 15.9 Å². The maximum absolute atomic E-state index is 14.5. The molecule has 3 aromatic heterocycles. The Labute approximate surface area is 264 Å². The number of thiophene rings is 1. The van der Waals surface area contributed by atoms with Crippen molar-refractivity contribution in [1.82, 2.24) is 29.4 Å². The second-order valence-corrected chi connectivity index (χ2v) is 13.1. The molecular weight excluding hydrogens is 596 g/mol. The lowest BCUT2D eigenvalue weighted by molar-refractivity contribution is -0.129. The molecule has 45 heavy (non-hydrogen) atoms. The highest BCUT2D eigenvalue weighted by Crippen LogP contribution is 2.35. The first kappa shape index (κ1) is 33.1. The van der Waals surface area contributed by atoms with Gasteiger partial charge in [-0.05, 0) is 66.7 Å². The highest BCUT2D eigenvalue weighted by Gasteiger charge is 2.36. The molecule has 0 saturated carbocycles. The minimum atomic E-state index is -1.58. The smallest absolute Gasteiger partial charge is 0.333 e. The van der Waals surface area contributed by atoms with Crippen LogP contribution in [0.25, 0.3) is 15.2 Å². The van der Waals surface area contributed by atoms with Crippen LogP contribution in [0.15, 0.2) is 40.2 Å². The molecular formula is C31H36N8O5S. The molecule has 1 N–H and O–H groups in total. The summed E-state index contributed by atoms with van der Waals surface area (Å²) < 4.78 is 14.3. The first-order chi connectivity index (χ1) is 21.2. The summed E-state index contributed by atoms with van der Waals surface area (Å²) in [7, 11) is 1.48. The van der Waals surface area contributed by atoms with Gasteiger partial charge in [-0.1, -0.05) is 11.3 Å². The topological polar surface area (TPSA) is 170 Å². The van der Waals surface area contributed by atoms with Crippen molar-refractivity contribution < 1.29 is 14.3 Å². The van der Waals surface area contributed by atoms with Crippen molar-refractivity contribution in [2.24, 2.45) is 5.41 Å². The SMILES string of the molecule is COc1ccc(C#N)cc1[C@H](Cn1c(=O)n(C(C)(C)C(=O)NC(C)C)c(=O)c2c(C)c(-n3nccn3)sc21)OCC(C)(C)C#N. The third-order valence-corrected chi connectivity index (χ3v) is 8.60. The Hall–Kier alpha value is -4.79. The van der Waals surface area contributed by atoms with E-state index in [1.807, 2.05) is 0 Å². The average Bonchev–Trinajstić information content (AvgIpc) is 3.64. The molecule has 236 valence electrons.